The van der Waals surface area contributed by atoms with Crippen LogP contribution in [0.25, 0.3) is 0 Å². The normalized spacial score (nSPS) is 23.9. The van der Waals surface area contributed by atoms with Crippen molar-refractivity contribution in [1.82, 2.24) is 0 Å². The molecule has 2 N–H and O–H groups in total. The third kappa shape index (κ3) is 1.62. The van der Waals surface area contributed by atoms with Crippen molar-refractivity contribution in [2.45, 2.75) is 38.8 Å². The maximum absolute atomic E-state index is 6.11. The van der Waals surface area contributed by atoms with Gasteiger partial charge in [-0.2, -0.15) is 0 Å². The second-order valence-corrected chi connectivity index (χ2v) is 4.71. The molecular formula is C12H17NO. The van der Waals surface area contributed by atoms with Crippen LogP contribution in [0.3, 0.4) is 0 Å². The molecule has 0 unspecified atom stereocenters. The van der Waals surface area contributed by atoms with Crippen molar-refractivity contribution < 1.29 is 4.74 Å². The first-order valence-corrected chi connectivity index (χ1v) is 5.03. The van der Waals surface area contributed by atoms with Gasteiger partial charge in [0.05, 0.1) is 0 Å². The Morgan fingerprint density at radius 2 is 2.14 bits per heavy atom. The van der Waals surface area contributed by atoms with E-state index in [1.807, 2.05) is 6.07 Å². The molecule has 1 aromatic rings. The standard InChI is InChI=1S/C12H17NO/c1-8-4-5-11-9(6-8)10(13)7-12(2,3)14-11/h4-6,10H,7,13H2,1-3H3/t10-/m1/s1. The van der Waals surface area contributed by atoms with Gasteiger partial charge in [0.25, 0.3) is 0 Å². The summed E-state index contributed by atoms with van der Waals surface area (Å²) in [5.41, 5.74) is 8.35. The number of benzene rings is 1. The zero-order valence-electron chi connectivity index (χ0n) is 9.00. The highest BCUT2D eigenvalue weighted by Crippen LogP contribution is 2.38. The number of hydrogen-bond acceptors (Lipinski definition) is 2. The van der Waals surface area contributed by atoms with E-state index in [1.165, 1.54) is 5.56 Å². The third-order valence-electron chi connectivity index (χ3n) is 2.66. The first-order valence-electron chi connectivity index (χ1n) is 5.03. The second kappa shape index (κ2) is 2.99. The van der Waals surface area contributed by atoms with Crippen molar-refractivity contribution in [1.29, 1.82) is 0 Å². The van der Waals surface area contributed by atoms with Gasteiger partial charge in [0.2, 0.25) is 0 Å². The van der Waals surface area contributed by atoms with E-state index in [4.69, 9.17) is 10.5 Å². The Morgan fingerprint density at radius 1 is 1.43 bits per heavy atom. The summed E-state index contributed by atoms with van der Waals surface area (Å²) in [7, 11) is 0. The monoisotopic (exact) mass is 191 g/mol. The quantitative estimate of drug-likeness (QED) is 0.684. The van der Waals surface area contributed by atoms with Gasteiger partial charge >= 0.3 is 0 Å². The lowest BCUT2D eigenvalue weighted by Gasteiger charge is -2.36. The fourth-order valence-electron chi connectivity index (χ4n) is 2.03. The highest BCUT2D eigenvalue weighted by atomic mass is 16.5. The molecule has 0 spiro atoms. The summed E-state index contributed by atoms with van der Waals surface area (Å²) in [6, 6.07) is 6.31. The molecule has 0 aromatic heterocycles. The first kappa shape index (κ1) is 9.53. The van der Waals surface area contributed by atoms with Crippen LogP contribution in [-0.2, 0) is 0 Å². The lowest BCUT2D eigenvalue weighted by molar-refractivity contribution is 0.0728. The zero-order valence-corrected chi connectivity index (χ0v) is 9.00. The molecular weight excluding hydrogens is 174 g/mol. The number of nitrogens with two attached hydrogens (primary N) is 1. The van der Waals surface area contributed by atoms with Crippen molar-refractivity contribution >= 4 is 0 Å². The van der Waals surface area contributed by atoms with Crippen LogP contribution in [0.5, 0.6) is 5.75 Å². The van der Waals surface area contributed by atoms with E-state index < -0.39 is 0 Å². The minimum atomic E-state index is -0.137. The van der Waals surface area contributed by atoms with Crippen LogP contribution in [0, 0.1) is 6.92 Å². The molecule has 1 aliphatic heterocycles. The maximum atomic E-state index is 6.11. The fourth-order valence-corrected chi connectivity index (χ4v) is 2.03. The van der Waals surface area contributed by atoms with Gasteiger partial charge in [-0.3, -0.25) is 0 Å². The Kier molecular flexibility index (Phi) is 2.04. The summed E-state index contributed by atoms with van der Waals surface area (Å²) >= 11 is 0. The molecule has 0 aliphatic carbocycles. The number of aryl methyl sites for hydroxylation is 1. The van der Waals surface area contributed by atoms with Crippen LogP contribution in [0.1, 0.15) is 37.4 Å². The van der Waals surface area contributed by atoms with Crippen LogP contribution in [0.15, 0.2) is 18.2 Å². The Balaban J connectivity index is 2.45. The molecule has 14 heavy (non-hydrogen) atoms. The minimum absolute atomic E-state index is 0.105. The van der Waals surface area contributed by atoms with Gasteiger partial charge in [0.1, 0.15) is 11.4 Å². The molecule has 0 amide bonds. The highest BCUT2D eigenvalue weighted by molar-refractivity contribution is 5.41. The van der Waals surface area contributed by atoms with Gasteiger partial charge in [0, 0.05) is 18.0 Å². The molecule has 1 aromatic carbocycles. The van der Waals surface area contributed by atoms with Crippen LogP contribution in [0.2, 0.25) is 0 Å². The highest BCUT2D eigenvalue weighted by Gasteiger charge is 2.31. The average molecular weight is 191 g/mol. The number of rotatable bonds is 0. The van der Waals surface area contributed by atoms with Gasteiger partial charge in [-0.15, -0.1) is 0 Å². The van der Waals surface area contributed by atoms with Gasteiger partial charge in [-0.25, -0.2) is 0 Å². The molecule has 0 saturated heterocycles. The Morgan fingerprint density at radius 3 is 2.86 bits per heavy atom. The van der Waals surface area contributed by atoms with Gasteiger partial charge in [-0.1, -0.05) is 17.7 Å². The molecule has 0 bridgehead atoms. The third-order valence-corrected chi connectivity index (χ3v) is 2.66. The Labute approximate surface area is 85.1 Å². The molecule has 0 fully saturated rings. The predicted molar refractivity (Wildman–Crippen MR) is 57.4 cm³/mol. The molecule has 2 rings (SSSR count). The van der Waals surface area contributed by atoms with Crippen molar-refractivity contribution in [2.24, 2.45) is 5.73 Å². The summed E-state index contributed by atoms with van der Waals surface area (Å²) in [5, 5.41) is 0. The van der Waals surface area contributed by atoms with Crippen LogP contribution in [0.4, 0.5) is 0 Å². The van der Waals surface area contributed by atoms with E-state index in [1.54, 1.807) is 0 Å². The van der Waals surface area contributed by atoms with E-state index in [0.717, 1.165) is 17.7 Å². The smallest absolute Gasteiger partial charge is 0.124 e. The van der Waals surface area contributed by atoms with Crippen molar-refractivity contribution in [3.63, 3.8) is 0 Å². The first-order chi connectivity index (χ1) is 6.48. The van der Waals surface area contributed by atoms with Gasteiger partial charge in [-0.05, 0) is 26.8 Å². The van der Waals surface area contributed by atoms with E-state index >= 15 is 0 Å². The lowest BCUT2D eigenvalue weighted by Crippen LogP contribution is -2.37. The minimum Gasteiger partial charge on any atom is -0.487 e. The summed E-state index contributed by atoms with van der Waals surface area (Å²) in [5.74, 6) is 0.944. The molecule has 0 saturated carbocycles. The number of fused-ring (bicyclic) bond motifs is 1. The van der Waals surface area contributed by atoms with Crippen LogP contribution >= 0.6 is 0 Å². The summed E-state index contributed by atoms with van der Waals surface area (Å²) in [4.78, 5) is 0. The van der Waals surface area contributed by atoms with E-state index in [2.05, 4.69) is 32.9 Å². The molecule has 2 nitrogen and oxygen atoms in total. The molecule has 1 aliphatic rings. The van der Waals surface area contributed by atoms with E-state index in [0.29, 0.717) is 0 Å². The average Bonchev–Trinajstić information content (AvgIpc) is 2.05. The topological polar surface area (TPSA) is 35.2 Å². The molecule has 1 atom stereocenters. The van der Waals surface area contributed by atoms with Crippen molar-refractivity contribution in [3.05, 3.63) is 29.3 Å². The van der Waals surface area contributed by atoms with Crippen LogP contribution < -0.4 is 10.5 Å². The molecule has 2 heteroatoms. The maximum Gasteiger partial charge on any atom is 0.124 e. The number of hydrogen-bond donors (Lipinski definition) is 1. The van der Waals surface area contributed by atoms with Gasteiger partial charge < -0.3 is 10.5 Å². The molecule has 76 valence electrons. The fraction of sp³-hybridized carbons (Fsp3) is 0.500. The Bertz CT molecular complexity index is 357. The number of ether oxygens (including phenoxy) is 1. The SMILES string of the molecule is Cc1ccc2c(c1)[C@H](N)CC(C)(C)O2. The van der Waals surface area contributed by atoms with E-state index in [9.17, 15) is 0 Å². The largest absolute Gasteiger partial charge is 0.487 e. The summed E-state index contributed by atoms with van der Waals surface area (Å²) in [6.45, 7) is 6.23. The zero-order chi connectivity index (χ0) is 10.3. The van der Waals surface area contributed by atoms with Crippen molar-refractivity contribution in [2.75, 3.05) is 0 Å². The van der Waals surface area contributed by atoms with Crippen LogP contribution in [-0.4, -0.2) is 5.60 Å². The van der Waals surface area contributed by atoms with E-state index in [-0.39, 0.29) is 11.6 Å². The summed E-state index contributed by atoms with van der Waals surface area (Å²) < 4.78 is 5.86. The Hall–Kier alpha value is -1.02. The second-order valence-electron chi connectivity index (χ2n) is 4.71. The molecule has 0 radical (unpaired) electrons. The predicted octanol–water partition coefficient (Wildman–Crippen LogP) is 2.56. The molecule has 1 heterocycles. The van der Waals surface area contributed by atoms with Crippen molar-refractivity contribution in [3.8, 4) is 5.75 Å². The van der Waals surface area contributed by atoms with Gasteiger partial charge in [0.15, 0.2) is 0 Å². The lowest BCUT2D eigenvalue weighted by atomic mass is 9.90. The summed E-state index contributed by atoms with van der Waals surface area (Å²) in [6.07, 6.45) is 0.878.